The van der Waals surface area contributed by atoms with Gasteiger partial charge in [-0.25, -0.2) is 8.42 Å². The van der Waals surface area contributed by atoms with Gasteiger partial charge in [0.05, 0.1) is 20.1 Å². The lowest BCUT2D eigenvalue weighted by Gasteiger charge is -2.38. The molecule has 1 fully saturated rings. The van der Waals surface area contributed by atoms with Crippen LogP contribution in [0.3, 0.4) is 0 Å². The zero-order valence-electron chi connectivity index (χ0n) is 7.32. The monoisotopic (exact) mass is 193 g/mol. The Balaban J connectivity index is 2.59. The van der Waals surface area contributed by atoms with Crippen LogP contribution in [0.1, 0.15) is 19.3 Å². The van der Waals surface area contributed by atoms with E-state index >= 15 is 0 Å². The van der Waals surface area contributed by atoms with E-state index in [9.17, 15) is 13.0 Å². The number of hydrogen-bond acceptors (Lipinski definition) is 3. The number of hydrogen-bond donors (Lipinski definition) is 0. The molecule has 0 N–H and O–H groups in total. The molecule has 0 aliphatic carbocycles. The molecule has 0 bridgehead atoms. The molecule has 1 rings (SSSR count). The van der Waals surface area contributed by atoms with Gasteiger partial charge in [-0.2, -0.15) is 0 Å². The Morgan fingerprint density at radius 3 is 2.17 bits per heavy atom. The highest BCUT2D eigenvalue weighted by molar-refractivity contribution is 7.85. The Bertz CT molecular complexity index is 241. The molecule has 0 spiro atoms. The van der Waals surface area contributed by atoms with Crippen LogP contribution in [0.5, 0.6) is 0 Å². The van der Waals surface area contributed by atoms with E-state index in [-0.39, 0.29) is 5.88 Å². The third-order valence-electron chi connectivity index (χ3n) is 2.37. The molecule has 0 amide bonds. The molecule has 0 aromatic rings. The van der Waals surface area contributed by atoms with Crippen molar-refractivity contribution in [2.75, 3.05) is 26.0 Å². The van der Waals surface area contributed by atoms with Crippen molar-refractivity contribution in [3.8, 4) is 0 Å². The van der Waals surface area contributed by atoms with Gasteiger partial charge in [0.2, 0.25) is 0 Å². The van der Waals surface area contributed by atoms with Crippen LogP contribution in [-0.2, 0) is 10.1 Å². The van der Waals surface area contributed by atoms with Crippen molar-refractivity contribution in [2.45, 2.75) is 19.3 Å². The zero-order valence-corrected chi connectivity index (χ0v) is 8.14. The van der Waals surface area contributed by atoms with Crippen LogP contribution in [0.15, 0.2) is 0 Å². The number of nitrogens with zero attached hydrogens (tertiary/aromatic N) is 1. The van der Waals surface area contributed by atoms with Gasteiger partial charge < -0.3 is 9.04 Å². The van der Waals surface area contributed by atoms with E-state index in [1.54, 1.807) is 0 Å². The van der Waals surface area contributed by atoms with E-state index in [0.29, 0.717) is 4.48 Å². The summed E-state index contributed by atoms with van der Waals surface area (Å²) in [4.78, 5) is 0. The van der Waals surface area contributed by atoms with Gasteiger partial charge in [-0.05, 0) is 19.3 Å². The third kappa shape index (κ3) is 3.08. The van der Waals surface area contributed by atoms with Crippen LogP contribution >= 0.6 is 0 Å². The molecule has 0 saturated carbocycles. The normalized spacial score (nSPS) is 23.8. The number of likely N-dealkylation sites (tertiary alicyclic amines) is 1. The summed E-state index contributed by atoms with van der Waals surface area (Å²) in [6, 6.07) is 0. The van der Waals surface area contributed by atoms with Crippen molar-refractivity contribution in [3.05, 3.63) is 0 Å². The second kappa shape index (κ2) is 3.32. The highest BCUT2D eigenvalue weighted by Crippen LogP contribution is 2.16. The van der Waals surface area contributed by atoms with Crippen LogP contribution < -0.4 is 0 Å². The predicted molar refractivity (Wildman–Crippen MR) is 44.3 cm³/mol. The van der Waals surface area contributed by atoms with E-state index in [1.807, 2.05) is 7.05 Å². The summed E-state index contributed by atoms with van der Waals surface area (Å²) in [7, 11) is -2.22. The van der Waals surface area contributed by atoms with Crippen molar-refractivity contribution >= 4 is 10.1 Å². The second-order valence-corrected chi connectivity index (χ2v) is 5.19. The van der Waals surface area contributed by atoms with Crippen molar-refractivity contribution in [1.29, 1.82) is 0 Å². The molecule has 1 heterocycles. The van der Waals surface area contributed by atoms with Crippen molar-refractivity contribution in [1.82, 2.24) is 0 Å². The molecule has 0 aromatic carbocycles. The summed E-state index contributed by atoms with van der Waals surface area (Å²) in [6.45, 7) is 1.64. The largest absolute Gasteiger partial charge is 0.744 e. The van der Waals surface area contributed by atoms with E-state index in [0.717, 1.165) is 32.4 Å². The number of rotatable bonds is 2. The Kier molecular flexibility index (Phi) is 2.75. The van der Waals surface area contributed by atoms with Gasteiger partial charge in [-0.1, -0.05) is 0 Å². The predicted octanol–water partition coefficient (Wildman–Crippen LogP) is 0.120. The van der Waals surface area contributed by atoms with Gasteiger partial charge in [0.15, 0.2) is 5.88 Å². The van der Waals surface area contributed by atoms with Gasteiger partial charge in [0.1, 0.15) is 10.1 Å². The van der Waals surface area contributed by atoms with Crippen molar-refractivity contribution in [2.24, 2.45) is 0 Å². The van der Waals surface area contributed by atoms with Crippen molar-refractivity contribution in [3.63, 3.8) is 0 Å². The smallest absolute Gasteiger partial charge is 0.169 e. The van der Waals surface area contributed by atoms with Gasteiger partial charge in [-0.15, -0.1) is 0 Å². The van der Waals surface area contributed by atoms with E-state index in [2.05, 4.69) is 0 Å². The fourth-order valence-electron chi connectivity index (χ4n) is 1.79. The first-order valence-electron chi connectivity index (χ1n) is 4.18. The molecule has 72 valence electrons. The standard InChI is InChI=1S/C7H15NO3S/c1-8(7-12(9,10)11)5-3-2-4-6-8/h2-7H2,1H3. The zero-order chi connectivity index (χ0) is 9.24. The minimum absolute atomic E-state index is 0.243. The molecule has 5 heteroatoms. The van der Waals surface area contributed by atoms with E-state index < -0.39 is 10.1 Å². The first kappa shape index (κ1) is 9.95. The molecule has 0 aromatic heterocycles. The average Bonchev–Trinajstić information content (AvgIpc) is 1.83. The first-order valence-corrected chi connectivity index (χ1v) is 5.76. The minimum Gasteiger partial charge on any atom is -0.744 e. The molecule has 0 radical (unpaired) electrons. The van der Waals surface area contributed by atoms with Gasteiger partial charge >= 0.3 is 0 Å². The van der Waals surface area contributed by atoms with Crippen LogP contribution in [-0.4, -0.2) is 43.5 Å². The maximum Gasteiger partial charge on any atom is 0.169 e. The molecule has 1 saturated heterocycles. The highest BCUT2D eigenvalue weighted by atomic mass is 32.2. The summed E-state index contributed by atoms with van der Waals surface area (Å²) in [6.07, 6.45) is 3.23. The summed E-state index contributed by atoms with van der Waals surface area (Å²) in [5, 5.41) is 0. The first-order chi connectivity index (χ1) is 5.41. The molecular weight excluding hydrogens is 178 g/mol. The van der Waals surface area contributed by atoms with Gasteiger partial charge in [0, 0.05) is 0 Å². The Labute approximate surface area is 73.5 Å². The summed E-state index contributed by atoms with van der Waals surface area (Å²) < 4.78 is 32.0. The lowest BCUT2D eigenvalue weighted by Crippen LogP contribution is -2.50. The summed E-state index contributed by atoms with van der Waals surface area (Å²) in [5.41, 5.74) is 0. The maximum atomic E-state index is 10.5. The van der Waals surface area contributed by atoms with Crippen LogP contribution in [0.25, 0.3) is 0 Å². The minimum atomic E-state index is -4.06. The molecule has 4 nitrogen and oxygen atoms in total. The maximum absolute atomic E-state index is 10.5. The fourth-order valence-corrected chi connectivity index (χ4v) is 2.81. The Morgan fingerprint density at radius 1 is 1.25 bits per heavy atom. The van der Waals surface area contributed by atoms with Crippen LogP contribution in [0.2, 0.25) is 0 Å². The fraction of sp³-hybridized carbons (Fsp3) is 1.00. The molecule has 12 heavy (non-hydrogen) atoms. The average molecular weight is 193 g/mol. The Hall–Kier alpha value is -0.130. The molecule has 0 unspecified atom stereocenters. The van der Waals surface area contributed by atoms with E-state index in [1.165, 1.54) is 0 Å². The lowest BCUT2D eigenvalue weighted by atomic mass is 10.1. The quantitative estimate of drug-likeness (QED) is 0.462. The van der Waals surface area contributed by atoms with Crippen molar-refractivity contribution < 1.29 is 17.5 Å². The SMILES string of the molecule is C[N+]1(CS(=O)(=O)[O-])CCCCC1. The molecule has 0 atom stereocenters. The van der Waals surface area contributed by atoms with Gasteiger partial charge in [-0.3, -0.25) is 0 Å². The Morgan fingerprint density at radius 2 is 1.75 bits per heavy atom. The van der Waals surface area contributed by atoms with Crippen LogP contribution in [0.4, 0.5) is 0 Å². The second-order valence-electron chi connectivity index (χ2n) is 3.81. The lowest BCUT2D eigenvalue weighted by molar-refractivity contribution is -0.903. The van der Waals surface area contributed by atoms with Gasteiger partial charge in [0.25, 0.3) is 0 Å². The van der Waals surface area contributed by atoms with E-state index in [4.69, 9.17) is 0 Å². The summed E-state index contributed by atoms with van der Waals surface area (Å²) in [5.74, 6) is -0.243. The molecule has 1 aliphatic heterocycles. The third-order valence-corrected chi connectivity index (χ3v) is 3.31. The highest BCUT2D eigenvalue weighted by Gasteiger charge is 2.26. The molecule has 1 aliphatic rings. The number of quaternary nitrogens is 1. The number of piperidine rings is 1. The topological polar surface area (TPSA) is 57.2 Å². The summed E-state index contributed by atoms with van der Waals surface area (Å²) >= 11 is 0. The molecular formula is C7H15NO3S. The van der Waals surface area contributed by atoms with Crippen LogP contribution in [0, 0.1) is 0 Å².